The summed E-state index contributed by atoms with van der Waals surface area (Å²) >= 11 is 0. The molecule has 3 aliphatic rings. The minimum Gasteiger partial charge on any atom is -0.494 e. The van der Waals surface area contributed by atoms with Crippen molar-refractivity contribution in [2.75, 3.05) is 20.2 Å². The van der Waals surface area contributed by atoms with Crippen molar-refractivity contribution in [1.29, 1.82) is 0 Å². The number of fused-ring (bicyclic) bond motifs is 1. The predicted molar refractivity (Wildman–Crippen MR) is 136 cm³/mol. The van der Waals surface area contributed by atoms with Gasteiger partial charge in [0, 0.05) is 25.1 Å². The molecule has 0 saturated carbocycles. The summed E-state index contributed by atoms with van der Waals surface area (Å²) in [6.45, 7) is 7.78. The highest BCUT2D eigenvalue weighted by Crippen LogP contribution is 2.38. The van der Waals surface area contributed by atoms with Gasteiger partial charge in [-0.15, -0.1) is 0 Å². The summed E-state index contributed by atoms with van der Waals surface area (Å²) in [4.78, 5) is 51.8. The van der Waals surface area contributed by atoms with Crippen LogP contribution in [0.4, 0.5) is 9.18 Å². The van der Waals surface area contributed by atoms with Crippen LogP contribution in [0, 0.1) is 12.7 Å². The summed E-state index contributed by atoms with van der Waals surface area (Å²) in [7, 11) is 1.31. The van der Waals surface area contributed by atoms with Gasteiger partial charge < -0.3 is 24.7 Å². The largest absolute Gasteiger partial charge is 0.494 e. The second-order valence-electron chi connectivity index (χ2n) is 9.06. The topological polar surface area (TPSA) is 130 Å². The number of nitrogens with zero attached hydrogens (tertiary/aromatic N) is 1. The Balaban J connectivity index is 0.00000164. The number of carbonyl (C=O) groups excluding carboxylic acids is 4. The van der Waals surface area contributed by atoms with Crippen molar-refractivity contribution in [3.05, 3.63) is 57.8 Å². The lowest BCUT2D eigenvalue weighted by atomic mass is 9.90. The first-order valence-electron chi connectivity index (χ1n) is 12.6. The molecule has 1 aromatic heterocycles. The molecule has 3 aliphatic heterocycles. The van der Waals surface area contributed by atoms with Crippen LogP contribution in [0.1, 0.15) is 66.6 Å². The molecule has 0 aliphatic carbocycles. The lowest BCUT2D eigenvalue weighted by molar-refractivity contribution is -0.125. The molecule has 3 N–H and O–H groups in total. The number of methoxy groups -OCH3 is 1. The van der Waals surface area contributed by atoms with E-state index < -0.39 is 29.2 Å². The van der Waals surface area contributed by atoms with Gasteiger partial charge in [0.2, 0.25) is 5.91 Å². The van der Waals surface area contributed by atoms with Gasteiger partial charge in [-0.2, -0.15) is 0 Å². The summed E-state index contributed by atoms with van der Waals surface area (Å²) in [6.07, 6.45) is 0.935. The van der Waals surface area contributed by atoms with Gasteiger partial charge in [0.1, 0.15) is 11.5 Å². The lowest BCUT2D eigenvalue weighted by Crippen LogP contribution is -2.52. The number of carbonyl (C=O) groups is 4. The number of hydrogen-bond donors (Lipinski definition) is 3. The molecule has 0 unspecified atom stereocenters. The van der Waals surface area contributed by atoms with Gasteiger partial charge in [0.25, 0.3) is 11.8 Å². The molecular weight excluding hydrogens is 495 g/mol. The van der Waals surface area contributed by atoms with Crippen molar-refractivity contribution in [1.82, 2.24) is 20.9 Å². The average molecular weight is 527 g/mol. The number of furan rings is 1. The van der Waals surface area contributed by atoms with E-state index in [0.29, 0.717) is 29.9 Å². The molecule has 0 spiro atoms. The van der Waals surface area contributed by atoms with Crippen LogP contribution in [0.25, 0.3) is 5.57 Å². The molecule has 0 bridgehead atoms. The Bertz CT molecular complexity index is 1360. The molecule has 11 heteroatoms. The minimum absolute atomic E-state index is 0.0453. The number of benzene rings is 1. The second kappa shape index (κ2) is 10.3. The van der Waals surface area contributed by atoms with Gasteiger partial charge in [-0.1, -0.05) is 32.4 Å². The molecule has 5 amide bonds. The standard InChI is InChI=1S/C25H25FN4O6.C2H6/c1-4-13-7-19(31)27-9-16(13)15-8-18(36-12(15)2)25(23(33)28-24(34)29-25)11-30-10-14-5-6-17(35-3)21(26)20(14)22(30)32;1-2/h5-6,8H,4,7,9-11H2,1-3H3,(H,27,31)(H2,28,29,33,34);1-2H3/t25-;/m0./s1. The number of amides is 5. The van der Waals surface area contributed by atoms with E-state index in [2.05, 4.69) is 16.0 Å². The van der Waals surface area contributed by atoms with E-state index in [0.717, 1.165) is 11.1 Å². The van der Waals surface area contributed by atoms with E-state index >= 15 is 0 Å². The first kappa shape index (κ1) is 26.9. The third kappa shape index (κ3) is 4.31. The highest BCUT2D eigenvalue weighted by atomic mass is 19.1. The smallest absolute Gasteiger partial charge is 0.322 e. The average Bonchev–Trinajstić information content (AvgIpc) is 3.54. The van der Waals surface area contributed by atoms with Gasteiger partial charge >= 0.3 is 6.03 Å². The van der Waals surface area contributed by atoms with Crippen LogP contribution in [0.5, 0.6) is 5.75 Å². The molecule has 10 nitrogen and oxygen atoms in total. The fourth-order valence-corrected chi connectivity index (χ4v) is 5.11. The van der Waals surface area contributed by atoms with Crippen LogP contribution < -0.4 is 20.7 Å². The highest BCUT2D eigenvalue weighted by Gasteiger charge is 2.53. The molecule has 5 rings (SSSR count). The maximum atomic E-state index is 14.9. The molecule has 1 fully saturated rings. The van der Waals surface area contributed by atoms with Crippen LogP contribution in [-0.4, -0.2) is 48.9 Å². The Hall–Kier alpha value is -4.15. The SMILES string of the molecule is CC.CCC1=C(c2cc([C@]3(CN4Cc5ccc(OC)c(F)c5C4=O)NC(=O)NC3=O)oc2C)CNC(=O)C1. The lowest BCUT2D eigenvalue weighted by Gasteiger charge is -2.29. The fourth-order valence-electron chi connectivity index (χ4n) is 5.11. The number of nitrogens with one attached hydrogen (secondary N) is 3. The Morgan fingerprint density at radius 1 is 1.18 bits per heavy atom. The zero-order valence-electron chi connectivity index (χ0n) is 22.0. The van der Waals surface area contributed by atoms with Gasteiger partial charge in [-0.3, -0.25) is 19.7 Å². The molecule has 1 aromatic carbocycles. The van der Waals surface area contributed by atoms with Gasteiger partial charge in [-0.05, 0) is 36.6 Å². The Kier molecular flexibility index (Phi) is 7.30. The van der Waals surface area contributed by atoms with Crippen LogP contribution in [0.15, 0.2) is 28.2 Å². The third-order valence-electron chi connectivity index (χ3n) is 7.00. The van der Waals surface area contributed by atoms with Gasteiger partial charge in [-0.25, -0.2) is 9.18 Å². The van der Waals surface area contributed by atoms with E-state index in [9.17, 15) is 23.6 Å². The van der Waals surface area contributed by atoms with Crippen molar-refractivity contribution >= 4 is 29.3 Å². The Morgan fingerprint density at radius 3 is 2.55 bits per heavy atom. The summed E-state index contributed by atoms with van der Waals surface area (Å²) in [5.74, 6) is -1.56. The van der Waals surface area contributed by atoms with E-state index in [4.69, 9.17) is 9.15 Å². The van der Waals surface area contributed by atoms with Crippen molar-refractivity contribution in [3.8, 4) is 5.75 Å². The number of hydrogen-bond acceptors (Lipinski definition) is 6. The summed E-state index contributed by atoms with van der Waals surface area (Å²) in [5.41, 5.74) is 1.16. The van der Waals surface area contributed by atoms with Gasteiger partial charge in [0.15, 0.2) is 17.1 Å². The van der Waals surface area contributed by atoms with Crippen LogP contribution in [-0.2, 0) is 21.7 Å². The highest BCUT2D eigenvalue weighted by molar-refractivity contribution is 6.08. The first-order valence-corrected chi connectivity index (χ1v) is 12.6. The molecule has 38 heavy (non-hydrogen) atoms. The van der Waals surface area contributed by atoms with E-state index in [1.54, 1.807) is 19.1 Å². The second-order valence-corrected chi connectivity index (χ2v) is 9.06. The quantitative estimate of drug-likeness (QED) is 0.496. The number of rotatable bonds is 6. The maximum Gasteiger partial charge on any atom is 0.322 e. The van der Waals surface area contributed by atoms with Crippen molar-refractivity contribution in [2.24, 2.45) is 0 Å². The van der Waals surface area contributed by atoms with E-state index in [1.165, 1.54) is 18.1 Å². The molecule has 0 radical (unpaired) electrons. The van der Waals surface area contributed by atoms with Crippen LogP contribution >= 0.6 is 0 Å². The Labute approximate surface area is 219 Å². The monoisotopic (exact) mass is 526 g/mol. The third-order valence-corrected chi connectivity index (χ3v) is 7.00. The zero-order valence-corrected chi connectivity index (χ0v) is 22.0. The first-order chi connectivity index (χ1) is 18.2. The molecule has 1 saturated heterocycles. The molecule has 4 heterocycles. The van der Waals surface area contributed by atoms with Crippen molar-refractivity contribution in [2.45, 2.75) is 52.6 Å². The van der Waals surface area contributed by atoms with Crippen molar-refractivity contribution < 1.29 is 32.7 Å². The number of urea groups is 1. The minimum atomic E-state index is -1.72. The number of ether oxygens (including phenoxy) is 1. The number of halogens is 1. The number of aryl methyl sites for hydroxylation is 1. The van der Waals surface area contributed by atoms with E-state index in [-0.39, 0.29) is 42.5 Å². The molecule has 202 valence electrons. The molecule has 1 atom stereocenters. The molecule has 2 aromatic rings. The normalized spacial score (nSPS) is 20.5. The van der Waals surface area contributed by atoms with Crippen LogP contribution in [0.3, 0.4) is 0 Å². The summed E-state index contributed by atoms with van der Waals surface area (Å²) in [6, 6.07) is 3.97. The van der Waals surface area contributed by atoms with Crippen LogP contribution in [0.2, 0.25) is 0 Å². The zero-order chi connectivity index (χ0) is 27.8. The predicted octanol–water partition coefficient (Wildman–Crippen LogP) is 3.14. The number of imide groups is 1. The molecular formula is C27H31FN4O6. The summed E-state index contributed by atoms with van der Waals surface area (Å²) in [5, 5.41) is 7.69. The maximum absolute atomic E-state index is 14.9. The fraction of sp³-hybridized carbons (Fsp3) is 0.407. The Morgan fingerprint density at radius 2 is 1.92 bits per heavy atom. The van der Waals surface area contributed by atoms with E-state index in [1.807, 2.05) is 20.8 Å². The summed E-state index contributed by atoms with van der Waals surface area (Å²) < 4.78 is 25.9. The van der Waals surface area contributed by atoms with Gasteiger partial charge in [0.05, 0.1) is 19.2 Å². The van der Waals surface area contributed by atoms with Crippen molar-refractivity contribution in [3.63, 3.8) is 0 Å².